The van der Waals surface area contributed by atoms with Crippen molar-refractivity contribution in [3.05, 3.63) is 41.0 Å². The number of rotatable bonds is 3. The molecule has 0 aliphatic carbocycles. The normalized spacial score (nSPS) is 22.0. The first kappa shape index (κ1) is 15.3. The van der Waals surface area contributed by atoms with Crippen molar-refractivity contribution >= 4 is 18.0 Å². The minimum absolute atomic E-state index is 0.0625. The lowest BCUT2D eigenvalue weighted by molar-refractivity contribution is -0.146. The van der Waals surface area contributed by atoms with E-state index < -0.39 is 18.1 Å². The molecule has 21 heavy (non-hydrogen) atoms. The SMILES string of the molecule is Cc1ccc(C=CC(=O)N2C[C@H](O)C[C@@H]2C(=O)O)c(C)c1. The second-order valence-electron chi connectivity index (χ2n) is 5.43. The van der Waals surface area contributed by atoms with Crippen molar-refractivity contribution in [3.63, 3.8) is 0 Å². The van der Waals surface area contributed by atoms with Crippen LogP contribution in [0.15, 0.2) is 24.3 Å². The Labute approximate surface area is 123 Å². The number of hydrogen-bond donors (Lipinski definition) is 2. The highest BCUT2D eigenvalue weighted by Crippen LogP contribution is 2.19. The number of likely N-dealkylation sites (tertiary alicyclic amines) is 1. The smallest absolute Gasteiger partial charge is 0.326 e. The van der Waals surface area contributed by atoms with Crippen LogP contribution in [-0.4, -0.2) is 45.7 Å². The van der Waals surface area contributed by atoms with Crippen molar-refractivity contribution < 1.29 is 19.8 Å². The van der Waals surface area contributed by atoms with Crippen LogP contribution in [0.2, 0.25) is 0 Å². The fourth-order valence-electron chi connectivity index (χ4n) is 2.56. The average molecular weight is 289 g/mol. The van der Waals surface area contributed by atoms with E-state index in [0.29, 0.717) is 0 Å². The van der Waals surface area contributed by atoms with Crippen LogP contribution in [0.3, 0.4) is 0 Å². The number of carbonyl (C=O) groups is 2. The van der Waals surface area contributed by atoms with Gasteiger partial charge in [-0.25, -0.2) is 4.79 Å². The van der Waals surface area contributed by atoms with Crippen molar-refractivity contribution in [3.8, 4) is 0 Å². The maximum absolute atomic E-state index is 12.1. The summed E-state index contributed by atoms with van der Waals surface area (Å²) >= 11 is 0. The van der Waals surface area contributed by atoms with E-state index in [4.69, 9.17) is 5.11 Å². The lowest BCUT2D eigenvalue weighted by Gasteiger charge is -2.19. The molecule has 1 heterocycles. The van der Waals surface area contributed by atoms with Crippen LogP contribution in [0.1, 0.15) is 23.1 Å². The molecule has 2 rings (SSSR count). The molecule has 2 N–H and O–H groups in total. The van der Waals surface area contributed by atoms with Gasteiger partial charge in [-0.1, -0.05) is 23.8 Å². The number of carboxylic acid groups (broad SMARTS) is 1. The maximum Gasteiger partial charge on any atom is 0.326 e. The molecule has 112 valence electrons. The average Bonchev–Trinajstić information content (AvgIpc) is 2.80. The molecule has 1 amide bonds. The first-order valence-corrected chi connectivity index (χ1v) is 6.85. The number of nitrogens with zero attached hydrogens (tertiary/aromatic N) is 1. The summed E-state index contributed by atoms with van der Waals surface area (Å²) in [7, 11) is 0. The Bertz CT molecular complexity index is 594. The van der Waals surface area contributed by atoms with E-state index >= 15 is 0 Å². The summed E-state index contributed by atoms with van der Waals surface area (Å²) in [6.07, 6.45) is 2.36. The fraction of sp³-hybridized carbons (Fsp3) is 0.375. The quantitative estimate of drug-likeness (QED) is 0.824. The first-order chi connectivity index (χ1) is 9.88. The van der Waals surface area contributed by atoms with E-state index in [1.54, 1.807) is 6.08 Å². The van der Waals surface area contributed by atoms with Crippen molar-refractivity contribution in [1.29, 1.82) is 0 Å². The van der Waals surface area contributed by atoms with E-state index in [2.05, 4.69) is 0 Å². The molecule has 0 radical (unpaired) electrons. The Kier molecular flexibility index (Phi) is 4.43. The monoisotopic (exact) mass is 289 g/mol. The molecule has 0 spiro atoms. The summed E-state index contributed by atoms with van der Waals surface area (Å²) in [6.45, 7) is 4.01. The second-order valence-corrected chi connectivity index (χ2v) is 5.43. The van der Waals surface area contributed by atoms with Crippen LogP contribution in [0, 0.1) is 13.8 Å². The standard InChI is InChI=1S/C16H19NO4/c1-10-3-4-12(11(2)7-10)5-6-15(19)17-9-13(18)8-14(17)16(20)21/h3-7,13-14,18H,8-9H2,1-2H3,(H,20,21)/t13-,14-/m1/s1. The highest BCUT2D eigenvalue weighted by Gasteiger charge is 2.37. The summed E-state index contributed by atoms with van der Waals surface area (Å²) in [5.41, 5.74) is 3.11. The van der Waals surface area contributed by atoms with E-state index in [9.17, 15) is 14.7 Å². The maximum atomic E-state index is 12.1. The Morgan fingerprint density at radius 3 is 2.67 bits per heavy atom. The summed E-state index contributed by atoms with van der Waals surface area (Å²) in [4.78, 5) is 24.4. The predicted octanol–water partition coefficient (Wildman–Crippen LogP) is 1.36. The molecule has 0 unspecified atom stereocenters. The lowest BCUT2D eigenvalue weighted by Crippen LogP contribution is -2.39. The van der Waals surface area contributed by atoms with Gasteiger partial charge in [-0.05, 0) is 31.1 Å². The minimum atomic E-state index is -1.08. The molecule has 1 saturated heterocycles. The molecule has 1 fully saturated rings. The van der Waals surface area contributed by atoms with Gasteiger partial charge in [0, 0.05) is 19.0 Å². The van der Waals surface area contributed by atoms with Gasteiger partial charge in [0.15, 0.2) is 0 Å². The highest BCUT2D eigenvalue weighted by atomic mass is 16.4. The van der Waals surface area contributed by atoms with Crippen LogP contribution >= 0.6 is 0 Å². The van der Waals surface area contributed by atoms with Gasteiger partial charge in [0.1, 0.15) is 6.04 Å². The highest BCUT2D eigenvalue weighted by molar-refractivity contribution is 5.95. The van der Waals surface area contributed by atoms with E-state index in [1.165, 1.54) is 11.0 Å². The molecule has 0 bridgehead atoms. The molecular formula is C16H19NO4. The topological polar surface area (TPSA) is 77.8 Å². The number of amides is 1. The van der Waals surface area contributed by atoms with Gasteiger partial charge in [-0.15, -0.1) is 0 Å². The lowest BCUT2D eigenvalue weighted by atomic mass is 10.1. The molecule has 5 heteroatoms. The molecule has 0 saturated carbocycles. The predicted molar refractivity (Wildman–Crippen MR) is 78.7 cm³/mol. The van der Waals surface area contributed by atoms with Crippen molar-refractivity contribution in [1.82, 2.24) is 4.90 Å². The molecular weight excluding hydrogens is 270 g/mol. The van der Waals surface area contributed by atoms with Gasteiger partial charge in [-0.2, -0.15) is 0 Å². The Hall–Kier alpha value is -2.14. The largest absolute Gasteiger partial charge is 0.480 e. The van der Waals surface area contributed by atoms with Crippen LogP contribution in [0.25, 0.3) is 6.08 Å². The zero-order valence-electron chi connectivity index (χ0n) is 12.1. The van der Waals surface area contributed by atoms with Gasteiger partial charge in [0.05, 0.1) is 6.10 Å². The number of hydrogen-bond acceptors (Lipinski definition) is 3. The fourth-order valence-corrected chi connectivity index (χ4v) is 2.56. The summed E-state index contributed by atoms with van der Waals surface area (Å²) in [5.74, 6) is -1.47. The van der Waals surface area contributed by atoms with E-state index in [1.807, 2.05) is 32.0 Å². The van der Waals surface area contributed by atoms with Crippen LogP contribution < -0.4 is 0 Å². The molecule has 1 aliphatic rings. The zero-order valence-corrected chi connectivity index (χ0v) is 12.1. The summed E-state index contributed by atoms with van der Waals surface area (Å²) in [6, 6.07) is 4.94. The third-order valence-electron chi connectivity index (χ3n) is 3.68. The van der Waals surface area contributed by atoms with Crippen molar-refractivity contribution in [2.75, 3.05) is 6.54 Å². The van der Waals surface area contributed by atoms with Gasteiger partial charge >= 0.3 is 5.97 Å². The number of aliphatic carboxylic acids is 1. The zero-order chi connectivity index (χ0) is 15.6. The van der Waals surface area contributed by atoms with Gasteiger partial charge < -0.3 is 15.1 Å². The Morgan fingerprint density at radius 2 is 2.05 bits per heavy atom. The first-order valence-electron chi connectivity index (χ1n) is 6.85. The second kappa shape index (κ2) is 6.10. The number of aliphatic hydroxyl groups is 1. The Balaban J connectivity index is 2.13. The van der Waals surface area contributed by atoms with E-state index in [-0.39, 0.29) is 18.9 Å². The molecule has 0 aromatic heterocycles. The number of β-amino-alcohol motifs (C(OH)–C–C–N with tert-alkyl or cyclic N) is 1. The summed E-state index contributed by atoms with van der Waals surface area (Å²) in [5, 5.41) is 18.6. The third kappa shape index (κ3) is 3.49. The van der Waals surface area contributed by atoms with Crippen LogP contribution in [0.5, 0.6) is 0 Å². The van der Waals surface area contributed by atoms with Crippen molar-refractivity contribution in [2.45, 2.75) is 32.4 Å². The molecule has 5 nitrogen and oxygen atoms in total. The number of benzene rings is 1. The van der Waals surface area contributed by atoms with Gasteiger partial charge in [0.25, 0.3) is 0 Å². The molecule has 1 aliphatic heterocycles. The van der Waals surface area contributed by atoms with Crippen LogP contribution in [-0.2, 0) is 9.59 Å². The minimum Gasteiger partial charge on any atom is -0.480 e. The van der Waals surface area contributed by atoms with Crippen LogP contribution in [0.4, 0.5) is 0 Å². The summed E-state index contributed by atoms with van der Waals surface area (Å²) < 4.78 is 0. The molecule has 2 atom stereocenters. The number of carboxylic acids is 1. The van der Waals surface area contributed by atoms with Gasteiger partial charge in [0.2, 0.25) is 5.91 Å². The van der Waals surface area contributed by atoms with E-state index in [0.717, 1.165) is 16.7 Å². The number of carbonyl (C=O) groups excluding carboxylic acids is 1. The molecule has 1 aromatic carbocycles. The van der Waals surface area contributed by atoms with Crippen molar-refractivity contribution in [2.24, 2.45) is 0 Å². The van der Waals surface area contributed by atoms with Gasteiger partial charge in [-0.3, -0.25) is 4.79 Å². The Morgan fingerprint density at radius 1 is 1.33 bits per heavy atom. The molecule has 1 aromatic rings. The third-order valence-corrected chi connectivity index (χ3v) is 3.68. The number of aliphatic hydroxyl groups excluding tert-OH is 1. The number of aryl methyl sites for hydroxylation is 2.